The Kier molecular flexibility index (Phi) is 3.00. The van der Waals surface area contributed by atoms with Gasteiger partial charge in [-0.15, -0.1) is 0 Å². The molecule has 1 aliphatic carbocycles. The smallest absolute Gasteiger partial charge is 0.311 e. The average Bonchev–Trinajstić information content (AvgIpc) is 2.67. The maximum Gasteiger partial charge on any atom is 0.311 e. The molecule has 0 radical (unpaired) electrons. The summed E-state index contributed by atoms with van der Waals surface area (Å²) in [6.45, 7) is 0. The van der Waals surface area contributed by atoms with Crippen LogP contribution >= 0.6 is 0 Å². The van der Waals surface area contributed by atoms with Gasteiger partial charge in [-0.25, -0.2) is 0 Å². The summed E-state index contributed by atoms with van der Waals surface area (Å²) in [5, 5.41) is 8.45. The Morgan fingerprint density at radius 1 is 1.54 bits per heavy atom. The van der Waals surface area contributed by atoms with Crippen molar-refractivity contribution in [2.24, 2.45) is 5.41 Å². The highest BCUT2D eigenvalue weighted by Crippen LogP contribution is 2.49. The summed E-state index contributed by atoms with van der Waals surface area (Å²) < 4.78 is 34.5. The summed E-state index contributed by atoms with van der Waals surface area (Å²) in [5.74, 6) is -4.05. The van der Waals surface area contributed by atoms with Crippen molar-refractivity contribution in [2.45, 2.75) is 25.0 Å². The molecule has 0 aromatic rings. The molecule has 76 valence electrons. The zero-order chi connectivity index (χ0) is 10.1. The molecule has 0 saturated heterocycles. The topological polar surface area (TPSA) is 54.4 Å². The van der Waals surface area contributed by atoms with Crippen molar-refractivity contribution in [1.82, 2.24) is 0 Å². The highest BCUT2D eigenvalue weighted by Gasteiger charge is 2.46. The number of halogens is 2. The molecular formula is C7H10F2O3S. The van der Waals surface area contributed by atoms with E-state index >= 15 is 0 Å². The number of hydrogen-bond donors (Lipinski definition) is 1. The van der Waals surface area contributed by atoms with Crippen molar-refractivity contribution in [3.8, 4) is 0 Å². The minimum absolute atomic E-state index is 0.147. The molecule has 1 aliphatic rings. The van der Waals surface area contributed by atoms with Gasteiger partial charge in [0.1, 0.15) is 0 Å². The second-order valence-corrected chi connectivity index (χ2v) is 4.76. The molecule has 1 atom stereocenters. The molecule has 0 aliphatic heterocycles. The third-order valence-electron chi connectivity index (χ3n) is 2.13. The van der Waals surface area contributed by atoms with Crippen LogP contribution in [0.15, 0.2) is 0 Å². The lowest BCUT2D eigenvalue weighted by Crippen LogP contribution is -2.19. The molecule has 1 fully saturated rings. The van der Waals surface area contributed by atoms with Gasteiger partial charge in [0.25, 0.3) is 0 Å². The van der Waals surface area contributed by atoms with E-state index in [1.54, 1.807) is 0 Å². The Morgan fingerprint density at radius 3 is 2.38 bits per heavy atom. The van der Waals surface area contributed by atoms with Gasteiger partial charge >= 0.3 is 11.7 Å². The second-order valence-electron chi connectivity index (χ2n) is 3.36. The summed E-state index contributed by atoms with van der Waals surface area (Å²) in [6, 6.07) is 0. The normalized spacial score (nSPS) is 21.5. The van der Waals surface area contributed by atoms with Crippen LogP contribution in [0.2, 0.25) is 0 Å². The third-order valence-corrected chi connectivity index (χ3v) is 3.42. The molecule has 0 spiro atoms. The zero-order valence-electron chi connectivity index (χ0n) is 6.83. The molecule has 1 saturated carbocycles. The summed E-state index contributed by atoms with van der Waals surface area (Å²) in [6.07, 6.45) is 1.04. The Balaban J connectivity index is 2.44. The lowest BCUT2D eigenvalue weighted by molar-refractivity contribution is -0.138. The number of carbonyl (C=O) groups is 1. The van der Waals surface area contributed by atoms with Gasteiger partial charge in [-0.3, -0.25) is 9.00 Å². The molecule has 1 N–H and O–H groups in total. The van der Waals surface area contributed by atoms with Crippen LogP contribution in [-0.2, 0) is 15.6 Å². The first-order chi connectivity index (χ1) is 5.95. The minimum atomic E-state index is -2.86. The van der Waals surface area contributed by atoms with E-state index in [0.717, 1.165) is 0 Å². The Bertz CT molecular complexity index is 238. The average molecular weight is 212 g/mol. The number of alkyl halides is 2. The standard InChI is InChI=1S/C7H10F2O3S/c8-6(9)13(12)4-7(1-2-7)3-5(10)11/h6H,1-4H2,(H,10,11). The van der Waals surface area contributed by atoms with Crippen LogP contribution in [0.25, 0.3) is 0 Å². The largest absolute Gasteiger partial charge is 0.481 e. The summed E-state index contributed by atoms with van der Waals surface area (Å²) >= 11 is 0. The van der Waals surface area contributed by atoms with Crippen LogP contribution in [0.5, 0.6) is 0 Å². The monoisotopic (exact) mass is 212 g/mol. The van der Waals surface area contributed by atoms with E-state index in [0.29, 0.717) is 12.8 Å². The molecule has 0 aromatic carbocycles. The SMILES string of the molecule is O=C(O)CC1(CS(=O)C(F)F)CC1. The maximum absolute atomic E-state index is 11.9. The molecule has 1 rings (SSSR count). The molecule has 1 unspecified atom stereocenters. The molecule has 3 nitrogen and oxygen atoms in total. The van der Waals surface area contributed by atoms with Crippen molar-refractivity contribution < 1.29 is 22.9 Å². The van der Waals surface area contributed by atoms with Crippen molar-refractivity contribution in [3.63, 3.8) is 0 Å². The van der Waals surface area contributed by atoms with Crippen LogP contribution in [0, 0.1) is 5.41 Å². The minimum Gasteiger partial charge on any atom is -0.481 e. The fraction of sp³-hybridized carbons (Fsp3) is 0.857. The van der Waals surface area contributed by atoms with Gasteiger partial charge in [0, 0.05) is 5.75 Å². The molecule has 0 amide bonds. The maximum atomic E-state index is 11.9. The summed E-state index contributed by atoms with van der Waals surface area (Å²) in [5.41, 5.74) is -0.604. The van der Waals surface area contributed by atoms with E-state index in [2.05, 4.69) is 0 Å². The first-order valence-electron chi connectivity index (χ1n) is 3.82. The molecule has 0 aromatic heterocycles. The molecule has 0 bridgehead atoms. The number of hydrogen-bond acceptors (Lipinski definition) is 2. The zero-order valence-corrected chi connectivity index (χ0v) is 7.65. The van der Waals surface area contributed by atoms with E-state index in [1.807, 2.05) is 0 Å². The van der Waals surface area contributed by atoms with Gasteiger partial charge in [0.15, 0.2) is 0 Å². The highest BCUT2D eigenvalue weighted by atomic mass is 32.2. The van der Waals surface area contributed by atoms with Gasteiger partial charge < -0.3 is 5.11 Å². The fourth-order valence-electron chi connectivity index (χ4n) is 1.23. The summed E-state index contributed by atoms with van der Waals surface area (Å²) in [7, 11) is -2.19. The van der Waals surface area contributed by atoms with Gasteiger partial charge in [0.05, 0.1) is 17.2 Å². The van der Waals surface area contributed by atoms with Gasteiger partial charge in [-0.2, -0.15) is 8.78 Å². The number of carboxylic acid groups (broad SMARTS) is 1. The second kappa shape index (κ2) is 3.69. The van der Waals surface area contributed by atoms with Crippen molar-refractivity contribution in [1.29, 1.82) is 0 Å². The Morgan fingerprint density at radius 2 is 2.08 bits per heavy atom. The van der Waals surface area contributed by atoms with Crippen LogP contribution < -0.4 is 0 Å². The van der Waals surface area contributed by atoms with E-state index in [-0.39, 0.29) is 12.2 Å². The van der Waals surface area contributed by atoms with E-state index in [9.17, 15) is 17.8 Å². The van der Waals surface area contributed by atoms with Crippen LogP contribution in [0.1, 0.15) is 19.3 Å². The predicted octanol–water partition coefficient (Wildman–Crippen LogP) is 1.21. The molecule has 6 heteroatoms. The van der Waals surface area contributed by atoms with Crippen LogP contribution in [0.3, 0.4) is 0 Å². The Labute approximate surface area is 76.6 Å². The van der Waals surface area contributed by atoms with Crippen LogP contribution in [0.4, 0.5) is 8.78 Å². The number of carboxylic acids is 1. The van der Waals surface area contributed by atoms with Gasteiger partial charge in [0.2, 0.25) is 0 Å². The van der Waals surface area contributed by atoms with E-state index < -0.39 is 27.9 Å². The van der Waals surface area contributed by atoms with Crippen molar-refractivity contribution >= 4 is 16.8 Å². The first-order valence-corrected chi connectivity index (χ1v) is 5.21. The van der Waals surface area contributed by atoms with E-state index in [4.69, 9.17) is 5.11 Å². The number of aliphatic carboxylic acids is 1. The van der Waals surface area contributed by atoms with Gasteiger partial charge in [-0.05, 0) is 18.3 Å². The lowest BCUT2D eigenvalue weighted by atomic mass is 10.1. The summed E-state index contributed by atoms with van der Waals surface area (Å²) in [4.78, 5) is 10.3. The molecular weight excluding hydrogens is 202 g/mol. The highest BCUT2D eigenvalue weighted by molar-refractivity contribution is 7.85. The van der Waals surface area contributed by atoms with Crippen molar-refractivity contribution in [2.75, 3.05) is 5.75 Å². The Hall–Kier alpha value is -0.520. The molecule has 0 heterocycles. The lowest BCUT2D eigenvalue weighted by Gasteiger charge is -2.10. The molecule has 13 heavy (non-hydrogen) atoms. The third kappa shape index (κ3) is 3.02. The number of rotatable bonds is 5. The quantitative estimate of drug-likeness (QED) is 0.745. The predicted molar refractivity (Wildman–Crippen MR) is 42.9 cm³/mol. The van der Waals surface area contributed by atoms with Crippen LogP contribution in [-0.4, -0.2) is 26.8 Å². The van der Waals surface area contributed by atoms with Gasteiger partial charge in [-0.1, -0.05) is 0 Å². The van der Waals surface area contributed by atoms with Crippen molar-refractivity contribution in [3.05, 3.63) is 0 Å². The fourth-order valence-corrected chi connectivity index (χ4v) is 2.35. The first kappa shape index (κ1) is 10.6. The van der Waals surface area contributed by atoms with E-state index in [1.165, 1.54) is 0 Å².